The van der Waals surface area contributed by atoms with Crippen molar-refractivity contribution in [2.24, 2.45) is 5.92 Å². The van der Waals surface area contributed by atoms with Crippen LogP contribution in [0.25, 0.3) is 0 Å². The van der Waals surface area contributed by atoms with Gasteiger partial charge < -0.3 is 0 Å². The van der Waals surface area contributed by atoms with Crippen LogP contribution in [0.2, 0.25) is 0 Å². The Bertz CT molecular complexity index is 108. The minimum Gasteiger partial charge on any atom is -0.299 e. The van der Waals surface area contributed by atoms with E-state index in [4.69, 9.17) is 4.84 Å². The molecular formula is C10H21NO. The average molecular weight is 171 g/mol. The van der Waals surface area contributed by atoms with Gasteiger partial charge in [-0.2, -0.15) is 5.06 Å². The molecule has 0 saturated carbocycles. The molecule has 12 heavy (non-hydrogen) atoms. The molecule has 0 amide bonds. The molecule has 72 valence electrons. The molecule has 1 heterocycles. The maximum atomic E-state index is 5.59. The summed E-state index contributed by atoms with van der Waals surface area (Å²) >= 11 is 0. The zero-order valence-electron chi connectivity index (χ0n) is 8.38. The third-order valence-corrected chi connectivity index (χ3v) is 2.26. The lowest BCUT2D eigenvalue weighted by molar-refractivity contribution is -0.144. The Balaban J connectivity index is 1.88. The minimum absolute atomic E-state index is 0.812. The summed E-state index contributed by atoms with van der Waals surface area (Å²) in [5.41, 5.74) is 0. The van der Waals surface area contributed by atoms with Crippen molar-refractivity contribution in [3.63, 3.8) is 0 Å². The highest BCUT2D eigenvalue weighted by atomic mass is 16.7. The highest BCUT2D eigenvalue weighted by Gasteiger charge is 2.10. The van der Waals surface area contributed by atoms with Gasteiger partial charge in [0, 0.05) is 13.1 Å². The van der Waals surface area contributed by atoms with E-state index in [0.29, 0.717) is 0 Å². The summed E-state index contributed by atoms with van der Waals surface area (Å²) in [4.78, 5) is 5.59. The fourth-order valence-electron chi connectivity index (χ4n) is 1.50. The molecule has 2 heteroatoms. The van der Waals surface area contributed by atoms with E-state index >= 15 is 0 Å². The largest absolute Gasteiger partial charge is 0.299 e. The van der Waals surface area contributed by atoms with Crippen LogP contribution < -0.4 is 0 Å². The Kier molecular flexibility index (Phi) is 4.62. The molecule has 0 aromatic carbocycles. The van der Waals surface area contributed by atoms with Gasteiger partial charge in [-0.05, 0) is 31.6 Å². The Morgan fingerprint density at radius 2 is 1.92 bits per heavy atom. The smallest absolute Gasteiger partial charge is 0.0685 e. The van der Waals surface area contributed by atoms with Crippen LogP contribution in [0.4, 0.5) is 0 Å². The van der Waals surface area contributed by atoms with Crippen molar-refractivity contribution in [2.75, 3.05) is 19.7 Å². The van der Waals surface area contributed by atoms with Crippen LogP contribution in [0.1, 0.15) is 39.5 Å². The first-order valence-electron chi connectivity index (χ1n) is 5.17. The highest BCUT2D eigenvalue weighted by molar-refractivity contribution is 4.57. The molecule has 0 aromatic heterocycles. The molecule has 0 spiro atoms. The molecule has 0 N–H and O–H groups in total. The van der Waals surface area contributed by atoms with Crippen molar-refractivity contribution < 1.29 is 4.84 Å². The number of hydroxylamine groups is 2. The predicted molar refractivity (Wildman–Crippen MR) is 50.8 cm³/mol. The van der Waals surface area contributed by atoms with Crippen molar-refractivity contribution in [2.45, 2.75) is 39.5 Å². The van der Waals surface area contributed by atoms with Gasteiger partial charge in [-0.1, -0.05) is 13.8 Å². The van der Waals surface area contributed by atoms with Gasteiger partial charge in [0.1, 0.15) is 0 Å². The first-order chi connectivity index (χ1) is 5.79. The van der Waals surface area contributed by atoms with Gasteiger partial charge in [-0.15, -0.1) is 0 Å². The highest BCUT2D eigenvalue weighted by Crippen LogP contribution is 2.09. The molecule has 0 aromatic rings. The summed E-state index contributed by atoms with van der Waals surface area (Å²) in [6, 6.07) is 0. The molecule has 1 rings (SSSR count). The van der Waals surface area contributed by atoms with Gasteiger partial charge in [-0.3, -0.25) is 4.84 Å². The molecule has 1 aliphatic heterocycles. The summed E-state index contributed by atoms with van der Waals surface area (Å²) in [5.74, 6) is 0.812. The van der Waals surface area contributed by atoms with Crippen LogP contribution >= 0.6 is 0 Å². The zero-order chi connectivity index (χ0) is 8.81. The normalized spacial score (nSPS) is 19.2. The summed E-state index contributed by atoms with van der Waals surface area (Å²) in [6.45, 7) is 7.72. The molecule has 0 aliphatic carbocycles. The maximum Gasteiger partial charge on any atom is 0.0685 e. The third kappa shape index (κ3) is 4.07. The summed E-state index contributed by atoms with van der Waals surface area (Å²) in [5, 5.41) is 2.11. The average Bonchev–Trinajstić information content (AvgIpc) is 2.49. The second-order valence-corrected chi connectivity index (χ2v) is 4.01. The molecular weight excluding hydrogens is 150 g/mol. The lowest BCUT2D eigenvalue weighted by Crippen LogP contribution is -2.20. The van der Waals surface area contributed by atoms with E-state index in [2.05, 4.69) is 18.9 Å². The van der Waals surface area contributed by atoms with E-state index in [9.17, 15) is 0 Å². The molecule has 2 nitrogen and oxygen atoms in total. The lowest BCUT2D eigenvalue weighted by atomic mass is 10.1. The Morgan fingerprint density at radius 1 is 1.25 bits per heavy atom. The van der Waals surface area contributed by atoms with Crippen molar-refractivity contribution in [1.82, 2.24) is 5.06 Å². The fraction of sp³-hybridized carbons (Fsp3) is 1.00. The van der Waals surface area contributed by atoms with Crippen LogP contribution in [0.5, 0.6) is 0 Å². The first kappa shape index (κ1) is 10.0. The minimum atomic E-state index is 0.812. The Labute approximate surface area is 75.8 Å². The summed E-state index contributed by atoms with van der Waals surface area (Å²) in [6.07, 6.45) is 5.11. The van der Waals surface area contributed by atoms with Crippen molar-refractivity contribution in [1.29, 1.82) is 0 Å². The SMILES string of the molecule is CC(C)CCCON1CCCC1. The van der Waals surface area contributed by atoms with Crippen LogP contribution in [0.15, 0.2) is 0 Å². The molecule has 1 aliphatic rings. The molecule has 0 atom stereocenters. The van der Waals surface area contributed by atoms with Gasteiger partial charge in [0.25, 0.3) is 0 Å². The Morgan fingerprint density at radius 3 is 2.50 bits per heavy atom. The van der Waals surface area contributed by atoms with Gasteiger partial charge in [0.2, 0.25) is 0 Å². The number of rotatable bonds is 5. The molecule has 1 fully saturated rings. The number of hydrogen-bond donors (Lipinski definition) is 0. The van der Waals surface area contributed by atoms with Crippen LogP contribution in [0.3, 0.4) is 0 Å². The van der Waals surface area contributed by atoms with E-state index in [1.807, 2.05) is 0 Å². The van der Waals surface area contributed by atoms with Gasteiger partial charge >= 0.3 is 0 Å². The molecule has 0 bridgehead atoms. The van der Waals surface area contributed by atoms with Gasteiger partial charge in [0.15, 0.2) is 0 Å². The topological polar surface area (TPSA) is 12.5 Å². The van der Waals surface area contributed by atoms with Crippen molar-refractivity contribution in [3.8, 4) is 0 Å². The van der Waals surface area contributed by atoms with Crippen molar-refractivity contribution >= 4 is 0 Å². The van der Waals surface area contributed by atoms with Crippen LogP contribution in [0, 0.1) is 5.92 Å². The number of hydrogen-bond acceptors (Lipinski definition) is 2. The monoisotopic (exact) mass is 171 g/mol. The number of nitrogens with zero attached hydrogens (tertiary/aromatic N) is 1. The third-order valence-electron chi connectivity index (χ3n) is 2.26. The summed E-state index contributed by atoms with van der Waals surface area (Å²) < 4.78 is 0. The van der Waals surface area contributed by atoms with Crippen molar-refractivity contribution in [3.05, 3.63) is 0 Å². The Hall–Kier alpha value is -0.0800. The fourth-order valence-corrected chi connectivity index (χ4v) is 1.50. The second-order valence-electron chi connectivity index (χ2n) is 4.01. The van der Waals surface area contributed by atoms with E-state index in [1.54, 1.807) is 0 Å². The van der Waals surface area contributed by atoms with E-state index < -0.39 is 0 Å². The molecule has 0 unspecified atom stereocenters. The molecule has 1 saturated heterocycles. The quantitative estimate of drug-likeness (QED) is 0.589. The van der Waals surface area contributed by atoms with E-state index in [-0.39, 0.29) is 0 Å². The lowest BCUT2D eigenvalue weighted by Gasteiger charge is -2.14. The van der Waals surface area contributed by atoms with Gasteiger partial charge in [-0.25, -0.2) is 0 Å². The first-order valence-corrected chi connectivity index (χ1v) is 5.17. The van der Waals surface area contributed by atoms with E-state index in [0.717, 1.165) is 25.6 Å². The summed E-state index contributed by atoms with van der Waals surface area (Å²) in [7, 11) is 0. The van der Waals surface area contributed by atoms with Crippen LogP contribution in [-0.4, -0.2) is 24.8 Å². The zero-order valence-corrected chi connectivity index (χ0v) is 8.38. The van der Waals surface area contributed by atoms with Crippen LogP contribution in [-0.2, 0) is 4.84 Å². The predicted octanol–water partition coefficient (Wildman–Crippen LogP) is 2.45. The van der Waals surface area contributed by atoms with E-state index in [1.165, 1.54) is 25.7 Å². The second kappa shape index (κ2) is 5.55. The van der Waals surface area contributed by atoms with Gasteiger partial charge in [0.05, 0.1) is 6.61 Å². The maximum absolute atomic E-state index is 5.59. The standard InChI is InChI=1S/C10H21NO/c1-10(2)6-5-9-12-11-7-3-4-8-11/h10H,3-9H2,1-2H3. The molecule has 0 radical (unpaired) electrons.